The Balaban J connectivity index is 1.75. The quantitative estimate of drug-likeness (QED) is 0.862. The lowest BCUT2D eigenvalue weighted by molar-refractivity contribution is 0.102. The highest BCUT2D eigenvalue weighted by Gasteiger charge is 2.16. The Labute approximate surface area is 157 Å². The molecule has 0 aliphatic carbocycles. The highest BCUT2D eigenvalue weighted by molar-refractivity contribution is 7.90. The van der Waals surface area contributed by atoms with Gasteiger partial charge in [-0.05, 0) is 42.5 Å². The maximum absolute atomic E-state index is 12.5. The summed E-state index contributed by atoms with van der Waals surface area (Å²) in [5.41, 5.74) is 1.78. The predicted molar refractivity (Wildman–Crippen MR) is 102 cm³/mol. The van der Waals surface area contributed by atoms with E-state index in [4.69, 9.17) is 16.3 Å². The largest absolute Gasteiger partial charge is 0.378 e. The fourth-order valence-corrected chi connectivity index (χ4v) is 3.54. The van der Waals surface area contributed by atoms with Gasteiger partial charge in [-0.1, -0.05) is 11.6 Å². The number of ether oxygens (including phenoxy) is 1. The number of amides is 1. The summed E-state index contributed by atoms with van der Waals surface area (Å²) in [6, 6.07) is 11.5. The Bertz CT molecular complexity index is 907. The molecule has 6 nitrogen and oxygen atoms in total. The van der Waals surface area contributed by atoms with Crippen molar-refractivity contribution in [3.8, 4) is 0 Å². The number of nitrogens with zero attached hydrogens (tertiary/aromatic N) is 1. The smallest absolute Gasteiger partial charge is 0.257 e. The lowest BCUT2D eigenvalue weighted by Crippen LogP contribution is -2.36. The molecule has 2 aromatic carbocycles. The van der Waals surface area contributed by atoms with Gasteiger partial charge in [0.2, 0.25) is 0 Å². The first-order valence-corrected chi connectivity index (χ1v) is 10.4. The van der Waals surface area contributed by atoms with Gasteiger partial charge in [0.1, 0.15) is 0 Å². The van der Waals surface area contributed by atoms with Crippen LogP contribution in [-0.4, -0.2) is 46.9 Å². The molecule has 26 heavy (non-hydrogen) atoms. The topological polar surface area (TPSA) is 75.7 Å². The average molecular weight is 395 g/mol. The van der Waals surface area contributed by atoms with E-state index in [1.165, 1.54) is 18.2 Å². The monoisotopic (exact) mass is 394 g/mol. The molecular weight excluding hydrogens is 376 g/mol. The summed E-state index contributed by atoms with van der Waals surface area (Å²) in [6.45, 7) is 3.07. The van der Waals surface area contributed by atoms with Crippen LogP contribution in [-0.2, 0) is 14.6 Å². The van der Waals surface area contributed by atoms with E-state index in [1.54, 1.807) is 12.1 Å². The molecule has 3 rings (SSSR count). The Morgan fingerprint density at radius 2 is 1.77 bits per heavy atom. The number of halogens is 1. The summed E-state index contributed by atoms with van der Waals surface area (Å²) in [5, 5.41) is 2.94. The molecule has 0 spiro atoms. The molecule has 1 saturated heterocycles. The minimum absolute atomic E-state index is 0.0507. The van der Waals surface area contributed by atoms with Gasteiger partial charge in [0.15, 0.2) is 9.84 Å². The van der Waals surface area contributed by atoms with E-state index in [9.17, 15) is 13.2 Å². The minimum atomic E-state index is -3.42. The van der Waals surface area contributed by atoms with E-state index in [1.807, 2.05) is 12.1 Å². The molecular formula is C18H19ClN2O4S. The van der Waals surface area contributed by atoms with Crippen LogP contribution in [0, 0.1) is 0 Å². The lowest BCUT2D eigenvalue weighted by atomic mass is 10.2. The maximum Gasteiger partial charge on any atom is 0.257 e. The van der Waals surface area contributed by atoms with Crippen LogP contribution >= 0.6 is 11.6 Å². The molecule has 0 saturated carbocycles. The molecule has 1 aliphatic rings. The fraction of sp³-hybridized carbons (Fsp3) is 0.278. The van der Waals surface area contributed by atoms with Crippen LogP contribution < -0.4 is 10.2 Å². The maximum atomic E-state index is 12.5. The first kappa shape index (κ1) is 18.7. The summed E-state index contributed by atoms with van der Waals surface area (Å²) >= 11 is 6.06. The number of carbonyl (C=O) groups is 1. The number of sulfone groups is 1. The molecule has 0 radical (unpaired) electrons. The van der Waals surface area contributed by atoms with Crippen LogP contribution in [0.2, 0.25) is 5.02 Å². The van der Waals surface area contributed by atoms with Crippen LogP contribution in [0.3, 0.4) is 0 Å². The second-order valence-corrected chi connectivity index (χ2v) is 8.44. The molecule has 1 amide bonds. The first-order valence-electron chi connectivity index (χ1n) is 8.08. The number of hydrogen-bond acceptors (Lipinski definition) is 5. The van der Waals surface area contributed by atoms with E-state index in [0.717, 1.165) is 25.0 Å². The van der Waals surface area contributed by atoms with Gasteiger partial charge in [0.05, 0.1) is 28.7 Å². The van der Waals surface area contributed by atoms with Crippen LogP contribution in [0.5, 0.6) is 0 Å². The van der Waals surface area contributed by atoms with Gasteiger partial charge >= 0.3 is 0 Å². The molecule has 8 heteroatoms. The Morgan fingerprint density at radius 1 is 1.12 bits per heavy atom. The van der Waals surface area contributed by atoms with Crippen molar-refractivity contribution >= 4 is 38.7 Å². The van der Waals surface area contributed by atoms with Crippen molar-refractivity contribution in [1.82, 2.24) is 0 Å². The third-order valence-electron chi connectivity index (χ3n) is 4.11. The fourth-order valence-electron chi connectivity index (χ4n) is 2.68. The highest BCUT2D eigenvalue weighted by atomic mass is 35.5. The van der Waals surface area contributed by atoms with Crippen molar-refractivity contribution in [2.45, 2.75) is 4.90 Å². The van der Waals surface area contributed by atoms with Crippen LogP contribution in [0.25, 0.3) is 0 Å². The number of rotatable bonds is 4. The third kappa shape index (κ3) is 4.35. The molecule has 1 fully saturated rings. The number of benzene rings is 2. The van der Waals surface area contributed by atoms with Crippen LogP contribution in [0.1, 0.15) is 10.4 Å². The molecule has 0 bridgehead atoms. The SMILES string of the molecule is CS(=O)(=O)c1ccc(Cl)c(C(=O)Nc2ccc(N3CCOCC3)cc2)c1. The lowest BCUT2D eigenvalue weighted by Gasteiger charge is -2.28. The van der Waals surface area contributed by atoms with E-state index in [2.05, 4.69) is 10.2 Å². The summed E-state index contributed by atoms with van der Waals surface area (Å²) in [6.07, 6.45) is 1.09. The number of carbonyl (C=O) groups excluding carboxylic acids is 1. The second-order valence-electron chi connectivity index (χ2n) is 6.01. The number of morpholine rings is 1. The normalized spacial score (nSPS) is 14.9. The molecule has 1 aliphatic heterocycles. The summed E-state index contributed by atoms with van der Waals surface area (Å²) in [5.74, 6) is -0.459. The van der Waals surface area contributed by atoms with Crippen molar-refractivity contribution in [2.24, 2.45) is 0 Å². The van der Waals surface area contributed by atoms with Gasteiger partial charge < -0.3 is 15.0 Å². The van der Waals surface area contributed by atoms with Crippen molar-refractivity contribution in [3.05, 3.63) is 53.1 Å². The van der Waals surface area contributed by atoms with Gasteiger partial charge in [-0.25, -0.2) is 8.42 Å². The first-order chi connectivity index (χ1) is 12.3. The summed E-state index contributed by atoms with van der Waals surface area (Å²) in [4.78, 5) is 14.7. The standard InChI is InChI=1S/C18H19ClN2O4S/c1-26(23,24)15-6-7-17(19)16(12-15)18(22)20-13-2-4-14(5-3-13)21-8-10-25-11-9-21/h2-7,12H,8-11H2,1H3,(H,20,22). The van der Waals surface area contributed by atoms with Crippen LogP contribution in [0.15, 0.2) is 47.4 Å². The molecule has 1 heterocycles. The second kappa shape index (κ2) is 7.65. The molecule has 1 N–H and O–H groups in total. The summed E-state index contributed by atoms with van der Waals surface area (Å²) < 4.78 is 28.7. The van der Waals surface area contributed by atoms with Crippen molar-refractivity contribution < 1.29 is 17.9 Å². The van der Waals surface area contributed by atoms with E-state index < -0.39 is 15.7 Å². The zero-order valence-corrected chi connectivity index (χ0v) is 15.8. The van der Waals surface area contributed by atoms with Gasteiger partial charge in [0, 0.05) is 30.7 Å². The molecule has 2 aromatic rings. The zero-order chi connectivity index (χ0) is 18.7. The van der Waals surface area contributed by atoms with E-state index in [0.29, 0.717) is 18.9 Å². The molecule has 0 aromatic heterocycles. The van der Waals surface area contributed by atoms with E-state index >= 15 is 0 Å². The van der Waals surface area contributed by atoms with Gasteiger partial charge in [0.25, 0.3) is 5.91 Å². The van der Waals surface area contributed by atoms with Gasteiger partial charge in [-0.15, -0.1) is 0 Å². The van der Waals surface area contributed by atoms with Crippen molar-refractivity contribution in [1.29, 1.82) is 0 Å². The Kier molecular flexibility index (Phi) is 5.50. The molecule has 0 atom stereocenters. The number of hydrogen-bond donors (Lipinski definition) is 1. The van der Waals surface area contributed by atoms with Crippen LogP contribution in [0.4, 0.5) is 11.4 Å². The van der Waals surface area contributed by atoms with E-state index in [-0.39, 0.29) is 15.5 Å². The highest BCUT2D eigenvalue weighted by Crippen LogP contribution is 2.23. The Hall–Kier alpha value is -2.09. The van der Waals surface area contributed by atoms with Gasteiger partial charge in [-0.2, -0.15) is 0 Å². The number of nitrogens with one attached hydrogen (secondary N) is 1. The number of anilines is 2. The Morgan fingerprint density at radius 3 is 2.38 bits per heavy atom. The zero-order valence-electron chi connectivity index (χ0n) is 14.2. The predicted octanol–water partition coefficient (Wildman–Crippen LogP) is 2.83. The molecule has 138 valence electrons. The van der Waals surface area contributed by atoms with Gasteiger partial charge in [-0.3, -0.25) is 4.79 Å². The average Bonchev–Trinajstić information content (AvgIpc) is 2.62. The molecule has 0 unspecified atom stereocenters. The summed E-state index contributed by atoms with van der Waals surface area (Å²) in [7, 11) is -3.42. The van der Waals surface area contributed by atoms with Crippen molar-refractivity contribution in [2.75, 3.05) is 42.8 Å². The van der Waals surface area contributed by atoms with Crippen molar-refractivity contribution in [3.63, 3.8) is 0 Å². The minimum Gasteiger partial charge on any atom is -0.378 e. The third-order valence-corrected chi connectivity index (χ3v) is 5.55.